The van der Waals surface area contributed by atoms with Crippen LogP contribution in [0.2, 0.25) is 0 Å². The molecule has 1 fully saturated rings. The van der Waals surface area contributed by atoms with E-state index in [2.05, 4.69) is 5.32 Å². The third-order valence-corrected chi connectivity index (χ3v) is 6.01. The summed E-state index contributed by atoms with van der Waals surface area (Å²) in [6, 6.07) is 17.7. The van der Waals surface area contributed by atoms with Gasteiger partial charge in [-0.15, -0.1) is 0 Å². The summed E-state index contributed by atoms with van der Waals surface area (Å²) in [7, 11) is 3.08. The van der Waals surface area contributed by atoms with Crippen LogP contribution in [0.5, 0.6) is 11.5 Å². The third kappa shape index (κ3) is 4.53. The van der Waals surface area contributed by atoms with Crippen LogP contribution < -0.4 is 19.7 Å². The summed E-state index contributed by atoms with van der Waals surface area (Å²) in [5.74, 6) is -0.942. The van der Waals surface area contributed by atoms with Gasteiger partial charge in [0.05, 0.1) is 25.8 Å². The Labute approximate surface area is 208 Å². The minimum Gasteiger partial charge on any atom is -0.507 e. The van der Waals surface area contributed by atoms with Crippen molar-refractivity contribution in [2.24, 2.45) is 0 Å². The molecule has 0 radical (unpaired) electrons. The third-order valence-electron chi connectivity index (χ3n) is 6.01. The highest BCUT2D eigenvalue weighted by Crippen LogP contribution is 2.43. The molecule has 2 N–H and O–H groups in total. The number of hydrogen-bond donors (Lipinski definition) is 2. The first-order valence-corrected chi connectivity index (χ1v) is 11.2. The molecule has 8 heteroatoms. The summed E-state index contributed by atoms with van der Waals surface area (Å²) in [5.41, 5.74) is 2.53. The number of methoxy groups -OCH3 is 2. The van der Waals surface area contributed by atoms with Gasteiger partial charge < -0.3 is 19.9 Å². The minimum absolute atomic E-state index is 0.0386. The number of nitrogens with zero attached hydrogens (tertiary/aromatic N) is 1. The molecule has 1 aliphatic heterocycles. The fourth-order valence-electron chi connectivity index (χ4n) is 4.31. The number of aliphatic hydroxyl groups is 1. The zero-order valence-electron chi connectivity index (χ0n) is 20.4. The second kappa shape index (κ2) is 9.95. The summed E-state index contributed by atoms with van der Waals surface area (Å²) >= 11 is 0. The van der Waals surface area contributed by atoms with Crippen molar-refractivity contribution in [3.63, 3.8) is 0 Å². The number of hydrogen-bond acceptors (Lipinski definition) is 6. The molecule has 36 heavy (non-hydrogen) atoms. The summed E-state index contributed by atoms with van der Waals surface area (Å²) in [5, 5.41) is 14.1. The van der Waals surface area contributed by atoms with Crippen LogP contribution in [0.25, 0.3) is 5.76 Å². The van der Waals surface area contributed by atoms with Gasteiger partial charge in [-0.1, -0.05) is 18.2 Å². The topological polar surface area (TPSA) is 105 Å². The standard InChI is InChI=1S/C28H26N2O6/c1-16-14-22(36-4)12-13-23(16)26(32)24-25(18-8-10-21(35-3)11-9-18)30(28(34)27(24)33)20-7-5-6-19(15-20)29-17(2)31/h5-15,25,32H,1-4H3,(H,29,31)/b26-24-. The maximum atomic E-state index is 13.4. The number of Topliss-reactive ketones (excluding diaryl/α,β-unsaturated/α-hetero) is 1. The number of benzene rings is 3. The van der Waals surface area contributed by atoms with E-state index in [0.29, 0.717) is 39.6 Å². The average Bonchev–Trinajstić information content (AvgIpc) is 3.13. The molecule has 3 aromatic carbocycles. The number of carbonyl (C=O) groups is 3. The molecule has 1 heterocycles. The van der Waals surface area contributed by atoms with Gasteiger partial charge in [-0.25, -0.2) is 0 Å². The van der Waals surface area contributed by atoms with Crippen molar-refractivity contribution in [1.29, 1.82) is 0 Å². The Morgan fingerprint density at radius 3 is 2.22 bits per heavy atom. The molecule has 4 rings (SSSR count). The van der Waals surface area contributed by atoms with Gasteiger partial charge in [0.1, 0.15) is 17.3 Å². The first-order valence-electron chi connectivity index (χ1n) is 11.2. The number of rotatable bonds is 6. The lowest BCUT2D eigenvalue weighted by atomic mass is 9.93. The van der Waals surface area contributed by atoms with E-state index in [1.54, 1.807) is 87.9 Å². The number of nitrogens with one attached hydrogen (secondary N) is 1. The van der Waals surface area contributed by atoms with Gasteiger partial charge in [0.2, 0.25) is 5.91 Å². The Morgan fingerprint density at radius 2 is 1.61 bits per heavy atom. The van der Waals surface area contributed by atoms with Gasteiger partial charge in [0.25, 0.3) is 11.7 Å². The number of aliphatic hydroxyl groups excluding tert-OH is 1. The summed E-state index contributed by atoms with van der Waals surface area (Å²) < 4.78 is 10.5. The number of carbonyl (C=O) groups excluding carboxylic acids is 3. The molecule has 0 aliphatic carbocycles. The summed E-state index contributed by atoms with van der Waals surface area (Å²) in [4.78, 5) is 39.7. The van der Waals surface area contributed by atoms with Crippen LogP contribution in [0.15, 0.2) is 72.3 Å². The predicted octanol–water partition coefficient (Wildman–Crippen LogP) is 4.60. The van der Waals surface area contributed by atoms with E-state index in [0.717, 1.165) is 0 Å². The molecule has 1 atom stereocenters. The predicted molar refractivity (Wildman–Crippen MR) is 136 cm³/mol. The molecular weight excluding hydrogens is 460 g/mol. The first kappa shape index (κ1) is 24.5. The van der Waals surface area contributed by atoms with Gasteiger partial charge >= 0.3 is 0 Å². The zero-order valence-corrected chi connectivity index (χ0v) is 20.4. The van der Waals surface area contributed by atoms with Crippen molar-refractivity contribution >= 4 is 34.7 Å². The first-order chi connectivity index (χ1) is 17.2. The molecule has 0 aromatic heterocycles. The molecule has 0 bridgehead atoms. The Hall–Kier alpha value is -4.59. The van der Waals surface area contributed by atoms with E-state index in [9.17, 15) is 19.5 Å². The maximum absolute atomic E-state index is 13.4. The van der Waals surface area contributed by atoms with E-state index in [4.69, 9.17) is 9.47 Å². The van der Waals surface area contributed by atoms with E-state index in [1.807, 2.05) is 0 Å². The number of aryl methyl sites for hydroxylation is 1. The SMILES string of the molecule is COc1ccc(C2/C(=C(/O)c3ccc(OC)cc3C)C(=O)C(=O)N2c2cccc(NC(C)=O)c2)cc1. The number of amides is 2. The van der Waals surface area contributed by atoms with Crippen LogP contribution >= 0.6 is 0 Å². The van der Waals surface area contributed by atoms with Crippen molar-refractivity contribution in [3.05, 3.63) is 89.0 Å². The van der Waals surface area contributed by atoms with Crippen LogP contribution in [0.4, 0.5) is 11.4 Å². The van der Waals surface area contributed by atoms with E-state index in [1.165, 1.54) is 11.8 Å². The highest BCUT2D eigenvalue weighted by Gasteiger charge is 2.47. The van der Waals surface area contributed by atoms with E-state index < -0.39 is 17.7 Å². The fourth-order valence-corrected chi connectivity index (χ4v) is 4.31. The lowest BCUT2D eigenvalue weighted by molar-refractivity contribution is -0.132. The minimum atomic E-state index is -0.912. The van der Waals surface area contributed by atoms with Crippen LogP contribution in [0.1, 0.15) is 29.7 Å². The van der Waals surface area contributed by atoms with Crippen molar-refractivity contribution in [2.75, 3.05) is 24.4 Å². The van der Waals surface area contributed by atoms with Crippen LogP contribution in [0.3, 0.4) is 0 Å². The largest absolute Gasteiger partial charge is 0.507 e. The highest BCUT2D eigenvalue weighted by molar-refractivity contribution is 6.51. The van der Waals surface area contributed by atoms with E-state index in [-0.39, 0.29) is 17.2 Å². The average molecular weight is 487 g/mol. The molecule has 1 saturated heterocycles. The van der Waals surface area contributed by atoms with Gasteiger partial charge in [0, 0.05) is 23.9 Å². The number of ether oxygens (including phenoxy) is 2. The fraction of sp³-hybridized carbons (Fsp3) is 0.179. The summed E-state index contributed by atoms with van der Waals surface area (Å²) in [6.07, 6.45) is 0. The van der Waals surface area contributed by atoms with Crippen LogP contribution in [-0.2, 0) is 14.4 Å². The van der Waals surface area contributed by atoms with Crippen molar-refractivity contribution in [1.82, 2.24) is 0 Å². The molecule has 184 valence electrons. The maximum Gasteiger partial charge on any atom is 0.300 e. The molecule has 0 spiro atoms. The molecule has 0 saturated carbocycles. The van der Waals surface area contributed by atoms with Crippen LogP contribution in [0, 0.1) is 6.92 Å². The van der Waals surface area contributed by atoms with Gasteiger partial charge in [-0.2, -0.15) is 0 Å². The quantitative estimate of drug-likeness (QED) is 0.300. The van der Waals surface area contributed by atoms with Gasteiger partial charge in [0.15, 0.2) is 0 Å². The zero-order chi connectivity index (χ0) is 26.0. The molecular formula is C28H26N2O6. The molecule has 1 aliphatic rings. The Bertz CT molecular complexity index is 1380. The Morgan fingerprint density at radius 1 is 0.944 bits per heavy atom. The molecule has 1 unspecified atom stereocenters. The second-order valence-electron chi connectivity index (χ2n) is 8.35. The monoisotopic (exact) mass is 486 g/mol. The van der Waals surface area contributed by atoms with Gasteiger partial charge in [-0.3, -0.25) is 19.3 Å². The lowest BCUT2D eigenvalue weighted by Crippen LogP contribution is -2.29. The molecule has 8 nitrogen and oxygen atoms in total. The van der Waals surface area contributed by atoms with Crippen molar-refractivity contribution in [3.8, 4) is 11.5 Å². The second-order valence-corrected chi connectivity index (χ2v) is 8.35. The van der Waals surface area contributed by atoms with Crippen molar-refractivity contribution < 1.29 is 29.0 Å². The smallest absolute Gasteiger partial charge is 0.300 e. The molecule has 3 aromatic rings. The van der Waals surface area contributed by atoms with E-state index >= 15 is 0 Å². The molecule has 2 amide bonds. The number of anilines is 2. The lowest BCUT2D eigenvalue weighted by Gasteiger charge is -2.26. The normalized spacial score (nSPS) is 16.7. The Kier molecular flexibility index (Phi) is 6.78. The number of ketones is 1. The highest BCUT2D eigenvalue weighted by atomic mass is 16.5. The summed E-state index contributed by atoms with van der Waals surface area (Å²) in [6.45, 7) is 3.17. The Balaban J connectivity index is 1.92. The van der Waals surface area contributed by atoms with Crippen molar-refractivity contribution in [2.45, 2.75) is 19.9 Å². The van der Waals surface area contributed by atoms with Crippen LogP contribution in [-0.4, -0.2) is 36.9 Å². The van der Waals surface area contributed by atoms with Gasteiger partial charge in [-0.05, 0) is 66.6 Å².